The summed E-state index contributed by atoms with van der Waals surface area (Å²) in [5.74, 6) is 0. The van der Waals surface area contributed by atoms with Crippen LogP contribution in [0, 0.1) is 11.3 Å². The second-order valence-corrected chi connectivity index (χ2v) is 2.44. The minimum Gasteiger partial charge on any atom is -0.399 e. The lowest BCUT2D eigenvalue weighted by molar-refractivity contribution is 1.51. The van der Waals surface area contributed by atoms with Gasteiger partial charge in [0.25, 0.3) is 0 Å². The number of hydrogen-bond donors (Lipinski definition) is 1. The van der Waals surface area contributed by atoms with Crippen LogP contribution in [0.3, 0.4) is 0 Å². The Morgan fingerprint density at radius 1 is 1.42 bits per heavy atom. The molecule has 0 fully saturated rings. The Morgan fingerprint density at radius 2 is 2.00 bits per heavy atom. The van der Waals surface area contributed by atoms with Gasteiger partial charge in [0, 0.05) is 5.69 Å². The molecule has 0 aliphatic carbocycles. The van der Waals surface area contributed by atoms with Gasteiger partial charge in [0.2, 0.25) is 0 Å². The SMILES string of the molecule is C/C=C(\C#N)c1ccc(N)cc1. The van der Waals surface area contributed by atoms with Crippen LogP contribution in [0.25, 0.3) is 5.57 Å². The zero-order valence-corrected chi connectivity index (χ0v) is 6.91. The molecule has 0 aromatic heterocycles. The van der Waals surface area contributed by atoms with Crippen molar-refractivity contribution in [3.63, 3.8) is 0 Å². The summed E-state index contributed by atoms with van der Waals surface area (Å²) in [5.41, 5.74) is 7.81. The number of rotatable bonds is 1. The van der Waals surface area contributed by atoms with Crippen LogP contribution >= 0.6 is 0 Å². The summed E-state index contributed by atoms with van der Waals surface area (Å²) in [5, 5.41) is 8.70. The van der Waals surface area contributed by atoms with Gasteiger partial charge in [-0.05, 0) is 24.6 Å². The van der Waals surface area contributed by atoms with E-state index in [1.807, 2.05) is 19.1 Å². The van der Waals surface area contributed by atoms with Crippen molar-refractivity contribution in [2.24, 2.45) is 0 Å². The molecule has 0 amide bonds. The molecule has 2 N–H and O–H groups in total. The first-order valence-corrected chi connectivity index (χ1v) is 3.70. The number of hydrogen-bond acceptors (Lipinski definition) is 2. The Hall–Kier alpha value is -1.75. The predicted molar refractivity (Wildman–Crippen MR) is 50.1 cm³/mol. The number of nitriles is 1. The van der Waals surface area contributed by atoms with Crippen LogP contribution in [0.2, 0.25) is 0 Å². The van der Waals surface area contributed by atoms with E-state index >= 15 is 0 Å². The minimum absolute atomic E-state index is 0.676. The molecule has 0 saturated heterocycles. The van der Waals surface area contributed by atoms with Gasteiger partial charge in [-0.3, -0.25) is 0 Å². The Bertz CT molecular complexity index is 328. The van der Waals surface area contributed by atoms with Crippen molar-refractivity contribution in [2.75, 3.05) is 5.73 Å². The molecular weight excluding hydrogens is 148 g/mol. The van der Waals surface area contributed by atoms with Crippen molar-refractivity contribution in [2.45, 2.75) is 6.92 Å². The molecular formula is C10H10N2. The van der Waals surface area contributed by atoms with Crippen LogP contribution in [0.1, 0.15) is 12.5 Å². The van der Waals surface area contributed by atoms with Crippen LogP contribution < -0.4 is 5.73 Å². The van der Waals surface area contributed by atoms with E-state index in [1.165, 1.54) is 0 Å². The molecule has 12 heavy (non-hydrogen) atoms. The Kier molecular flexibility index (Phi) is 2.49. The molecule has 0 aliphatic rings. The van der Waals surface area contributed by atoms with E-state index in [0.29, 0.717) is 11.3 Å². The van der Waals surface area contributed by atoms with Gasteiger partial charge in [-0.15, -0.1) is 0 Å². The highest BCUT2D eigenvalue weighted by Crippen LogP contribution is 2.14. The fraction of sp³-hybridized carbons (Fsp3) is 0.100. The van der Waals surface area contributed by atoms with Crippen molar-refractivity contribution in [1.82, 2.24) is 0 Å². The lowest BCUT2D eigenvalue weighted by Gasteiger charge is -1.97. The number of allylic oxidation sites excluding steroid dienone is 2. The first-order valence-electron chi connectivity index (χ1n) is 3.70. The standard InChI is InChI=1S/C10H10N2/c1-2-8(7-11)9-3-5-10(12)6-4-9/h2-6H,12H2,1H3/b8-2+. The predicted octanol–water partition coefficient (Wildman–Crippen LogP) is 2.20. The van der Waals surface area contributed by atoms with Crippen molar-refractivity contribution in [3.8, 4) is 6.07 Å². The van der Waals surface area contributed by atoms with E-state index in [-0.39, 0.29) is 0 Å². The smallest absolute Gasteiger partial charge is 0.0994 e. The third-order valence-corrected chi connectivity index (χ3v) is 1.63. The molecule has 60 valence electrons. The zero-order chi connectivity index (χ0) is 8.97. The lowest BCUT2D eigenvalue weighted by Crippen LogP contribution is -1.85. The van der Waals surface area contributed by atoms with Gasteiger partial charge in [0.1, 0.15) is 0 Å². The molecule has 0 unspecified atom stereocenters. The van der Waals surface area contributed by atoms with Crippen LogP contribution in [0.15, 0.2) is 30.3 Å². The van der Waals surface area contributed by atoms with E-state index in [4.69, 9.17) is 11.0 Å². The lowest BCUT2D eigenvalue weighted by atomic mass is 10.1. The van der Waals surface area contributed by atoms with E-state index in [0.717, 1.165) is 5.56 Å². The van der Waals surface area contributed by atoms with Crippen LogP contribution in [0.5, 0.6) is 0 Å². The maximum Gasteiger partial charge on any atom is 0.0994 e. The van der Waals surface area contributed by atoms with Gasteiger partial charge in [-0.25, -0.2) is 0 Å². The quantitative estimate of drug-likeness (QED) is 0.503. The average Bonchev–Trinajstić information content (AvgIpc) is 2.10. The first-order chi connectivity index (χ1) is 5.77. The summed E-state index contributed by atoms with van der Waals surface area (Å²) < 4.78 is 0. The van der Waals surface area contributed by atoms with Crippen molar-refractivity contribution in [3.05, 3.63) is 35.9 Å². The average molecular weight is 158 g/mol. The fourth-order valence-electron chi connectivity index (χ4n) is 0.958. The molecule has 0 aliphatic heterocycles. The monoisotopic (exact) mass is 158 g/mol. The van der Waals surface area contributed by atoms with Gasteiger partial charge in [0.05, 0.1) is 11.6 Å². The Balaban J connectivity index is 3.06. The maximum absolute atomic E-state index is 8.70. The summed E-state index contributed by atoms with van der Waals surface area (Å²) in [7, 11) is 0. The van der Waals surface area contributed by atoms with Crippen molar-refractivity contribution < 1.29 is 0 Å². The molecule has 1 rings (SSSR count). The van der Waals surface area contributed by atoms with Crippen LogP contribution in [-0.2, 0) is 0 Å². The third-order valence-electron chi connectivity index (χ3n) is 1.63. The van der Waals surface area contributed by atoms with Gasteiger partial charge in [-0.1, -0.05) is 18.2 Å². The Labute approximate surface area is 71.9 Å². The summed E-state index contributed by atoms with van der Waals surface area (Å²) in [6, 6.07) is 9.37. The summed E-state index contributed by atoms with van der Waals surface area (Å²) in [6.45, 7) is 1.84. The zero-order valence-electron chi connectivity index (χ0n) is 6.91. The molecule has 0 spiro atoms. The number of nitrogen functional groups attached to an aromatic ring is 1. The highest BCUT2D eigenvalue weighted by molar-refractivity contribution is 5.76. The fourth-order valence-corrected chi connectivity index (χ4v) is 0.958. The highest BCUT2D eigenvalue weighted by Gasteiger charge is 1.96. The van der Waals surface area contributed by atoms with Gasteiger partial charge < -0.3 is 5.73 Å². The molecule has 2 heteroatoms. The second-order valence-electron chi connectivity index (χ2n) is 2.44. The number of nitrogens with zero attached hydrogens (tertiary/aromatic N) is 1. The third kappa shape index (κ3) is 1.64. The van der Waals surface area contributed by atoms with Gasteiger partial charge >= 0.3 is 0 Å². The van der Waals surface area contributed by atoms with E-state index in [9.17, 15) is 0 Å². The first kappa shape index (κ1) is 8.35. The number of benzene rings is 1. The largest absolute Gasteiger partial charge is 0.399 e. The minimum atomic E-state index is 0.676. The highest BCUT2D eigenvalue weighted by atomic mass is 14.5. The van der Waals surface area contributed by atoms with Crippen LogP contribution in [-0.4, -0.2) is 0 Å². The maximum atomic E-state index is 8.70. The van der Waals surface area contributed by atoms with E-state index in [2.05, 4.69) is 6.07 Å². The van der Waals surface area contributed by atoms with Crippen molar-refractivity contribution in [1.29, 1.82) is 5.26 Å². The Morgan fingerprint density at radius 3 is 2.42 bits per heavy atom. The van der Waals surface area contributed by atoms with Crippen molar-refractivity contribution >= 4 is 11.3 Å². The van der Waals surface area contributed by atoms with Crippen LogP contribution in [0.4, 0.5) is 5.69 Å². The topological polar surface area (TPSA) is 49.8 Å². The number of nitrogens with two attached hydrogens (primary N) is 1. The van der Waals surface area contributed by atoms with Gasteiger partial charge in [-0.2, -0.15) is 5.26 Å². The summed E-state index contributed by atoms with van der Waals surface area (Å²) >= 11 is 0. The van der Waals surface area contributed by atoms with Gasteiger partial charge in [0.15, 0.2) is 0 Å². The molecule has 1 aromatic rings. The van der Waals surface area contributed by atoms with E-state index in [1.54, 1.807) is 18.2 Å². The molecule has 0 radical (unpaired) electrons. The molecule has 0 atom stereocenters. The van der Waals surface area contributed by atoms with E-state index < -0.39 is 0 Å². The summed E-state index contributed by atoms with van der Waals surface area (Å²) in [4.78, 5) is 0. The molecule has 0 heterocycles. The molecule has 0 bridgehead atoms. The normalized spacial score (nSPS) is 10.8. The molecule has 1 aromatic carbocycles. The number of anilines is 1. The molecule has 0 saturated carbocycles. The second kappa shape index (κ2) is 3.59. The summed E-state index contributed by atoms with van der Waals surface area (Å²) in [6.07, 6.45) is 1.78. The molecule has 2 nitrogen and oxygen atoms in total.